The van der Waals surface area contributed by atoms with E-state index < -0.39 is 0 Å². The van der Waals surface area contributed by atoms with Crippen LogP contribution in [-0.2, 0) is 4.79 Å². The lowest BCUT2D eigenvalue weighted by molar-refractivity contribution is -0.121. The number of amides is 1. The van der Waals surface area contributed by atoms with Gasteiger partial charge >= 0.3 is 0 Å². The van der Waals surface area contributed by atoms with E-state index in [1.807, 2.05) is 0 Å². The van der Waals surface area contributed by atoms with Crippen LogP contribution < -0.4 is 5.32 Å². The van der Waals surface area contributed by atoms with E-state index in [9.17, 15) is 4.79 Å². The van der Waals surface area contributed by atoms with E-state index in [2.05, 4.69) is 19.2 Å². The average Bonchev–Trinajstić information content (AvgIpc) is 2.32. The number of nitrogens with one attached hydrogen (secondary N) is 1. The molecule has 1 amide bonds. The average molecular weight is 243 g/mol. The number of aliphatic hydroxyl groups is 1. The molecule has 3 nitrogen and oxygen atoms in total. The van der Waals surface area contributed by atoms with Crippen LogP contribution in [-0.4, -0.2) is 24.2 Å². The van der Waals surface area contributed by atoms with E-state index in [0.29, 0.717) is 12.3 Å². The smallest absolute Gasteiger partial charge is 0.220 e. The maximum atomic E-state index is 11.5. The highest BCUT2D eigenvalue weighted by molar-refractivity contribution is 5.75. The van der Waals surface area contributed by atoms with E-state index >= 15 is 0 Å². The Morgan fingerprint density at radius 1 is 1.12 bits per heavy atom. The van der Waals surface area contributed by atoms with Gasteiger partial charge in [-0.1, -0.05) is 39.5 Å². The molecule has 0 aliphatic carbocycles. The Morgan fingerprint density at radius 3 is 2.47 bits per heavy atom. The molecule has 0 heterocycles. The van der Waals surface area contributed by atoms with Crippen LogP contribution in [0.15, 0.2) is 0 Å². The normalized spacial score (nSPS) is 12.4. The SMILES string of the molecule is CCCCCCC(=O)NCC(CCC)CCO. The molecule has 0 aliphatic heterocycles. The van der Waals surface area contributed by atoms with Crippen LogP contribution in [0.25, 0.3) is 0 Å². The molecule has 17 heavy (non-hydrogen) atoms. The Kier molecular flexibility index (Phi) is 11.5. The molecule has 0 fully saturated rings. The fourth-order valence-electron chi connectivity index (χ4n) is 2.00. The molecule has 0 saturated carbocycles. The first kappa shape index (κ1) is 16.4. The van der Waals surface area contributed by atoms with Crippen molar-refractivity contribution in [2.45, 2.75) is 65.2 Å². The van der Waals surface area contributed by atoms with Gasteiger partial charge in [-0.2, -0.15) is 0 Å². The zero-order valence-corrected chi connectivity index (χ0v) is 11.5. The minimum Gasteiger partial charge on any atom is -0.396 e. The zero-order chi connectivity index (χ0) is 12.9. The van der Waals surface area contributed by atoms with Gasteiger partial charge in [0.05, 0.1) is 0 Å². The molecule has 0 radical (unpaired) electrons. The molecule has 0 aromatic heterocycles. The summed E-state index contributed by atoms with van der Waals surface area (Å²) in [5, 5.41) is 11.9. The van der Waals surface area contributed by atoms with Crippen LogP contribution in [0.1, 0.15) is 65.2 Å². The molecule has 0 aromatic carbocycles. The summed E-state index contributed by atoms with van der Waals surface area (Å²) in [5.41, 5.74) is 0. The number of hydrogen-bond acceptors (Lipinski definition) is 2. The number of unbranched alkanes of at least 4 members (excludes halogenated alkanes) is 3. The van der Waals surface area contributed by atoms with Crippen molar-refractivity contribution < 1.29 is 9.90 Å². The van der Waals surface area contributed by atoms with Gasteiger partial charge in [-0.25, -0.2) is 0 Å². The second-order valence-corrected chi connectivity index (χ2v) is 4.78. The lowest BCUT2D eigenvalue weighted by atomic mass is 10.0. The van der Waals surface area contributed by atoms with Crippen LogP contribution >= 0.6 is 0 Å². The van der Waals surface area contributed by atoms with Crippen molar-refractivity contribution in [2.75, 3.05) is 13.2 Å². The maximum Gasteiger partial charge on any atom is 0.220 e. The third-order valence-electron chi connectivity index (χ3n) is 3.08. The first-order valence-corrected chi connectivity index (χ1v) is 7.12. The summed E-state index contributed by atoms with van der Waals surface area (Å²) in [4.78, 5) is 11.5. The molecule has 2 N–H and O–H groups in total. The highest BCUT2D eigenvalue weighted by Gasteiger charge is 2.08. The topological polar surface area (TPSA) is 49.3 Å². The number of carbonyl (C=O) groups excluding carboxylic acids is 1. The van der Waals surface area contributed by atoms with Gasteiger partial charge in [0.15, 0.2) is 0 Å². The first-order chi connectivity index (χ1) is 8.24. The summed E-state index contributed by atoms with van der Waals surface area (Å²) in [5.74, 6) is 0.602. The van der Waals surface area contributed by atoms with Crippen molar-refractivity contribution in [1.82, 2.24) is 5.32 Å². The van der Waals surface area contributed by atoms with Gasteiger partial charge in [-0.3, -0.25) is 4.79 Å². The summed E-state index contributed by atoms with van der Waals surface area (Å²) >= 11 is 0. The molecule has 0 spiro atoms. The van der Waals surface area contributed by atoms with Gasteiger partial charge in [0.1, 0.15) is 0 Å². The largest absolute Gasteiger partial charge is 0.396 e. The third-order valence-corrected chi connectivity index (χ3v) is 3.08. The molecule has 1 unspecified atom stereocenters. The van der Waals surface area contributed by atoms with Gasteiger partial charge in [-0.15, -0.1) is 0 Å². The number of carbonyl (C=O) groups is 1. The zero-order valence-electron chi connectivity index (χ0n) is 11.5. The van der Waals surface area contributed by atoms with Crippen molar-refractivity contribution in [3.8, 4) is 0 Å². The molecule has 0 aromatic rings. The molecule has 0 saturated heterocycles. The lowest BCUT2D eigenvalue weighted by Crippen LogP contribution is -2.29. The summed E-state index contributed by atoms with van der Waals surface area (Å²) < 4.78 is 0. The second-order valence-electron chi connectivity index (χ2n) is 4.78. The van der Waals surface area contributed by atoms with Gasteiger partial charge in [0, 0.05) is 19.6 Å². The van der Waals surface area contributed by atoms with Crippen molar-refractivity contribution in [3.05, 3.63) is 0 Å². The Hall–Kier alpha value is -0.570. The first-order valence-electron chi connectivity index (χ1n) is 7.12. The lowest BCUT2D eigenvalue weighted by Gasteiger charge is -2.15. The standard InChI is InChI=1S/C14H29NO2/c1-3-5-6-7-9-14(17)15-12-13(8-4-2)10-11-16/h13,16H,3-12H2,1-2H3,(H,15,17). The fraction of sp³-hybridized carbons (Fsp3) is 0.929. The predicted octanol–water partition coefficient (Wildman–Crippen LogP) is 2.87. The molecule has 0 rings (SSSR count). The second kappa shape index (κ2) is 11.9. The summed E-state index contributed by atoms with van der Waals surface area (Å²) in [6.07, 6.45) is 8.21. The minimum absolute atomic E-state index is 0.167. The number of hydrogen-bond donors (Lipinski definition) is 2. The maximum absolute atomic E-state index is 11.5. The van der Waals surface area contributed by atoms with Gasteiger partial charge in [0.2, 0.25) is 5.91 Å². The Bertz CT molecular complexity index is 177. The number of rotatable bonds is 11. The predicted molar refractivity (Wildman–Crippen MR) is 71.9 cm³/mol. The van der Waals surface area contributed by atoms with Crippen LogP contribution in [0.3, 0.4) is 0 Å². The molecule has 0 aliphatic rings. The van der Waals surface area contributed by atoms with Crippen LogP contribution in [0.2, 0.25) is 0 Å². The quantitative estimate of drug-likeness (QED) is 0.548. The van der Waals surface area contributed by atoms with Crippen molar-refractivity contribution >= 4 is 5.91 Å². The van der Waals surface area contributed by atoms with Crippen LogP contribution in [0.4, 0.5) is 0 Å². The van der Waals surface area contributed by atoms with Crippen LogP contribution in [0.5, 0.6) is 0 Å². The molecular formula is C14H29NO2. The molecule has 1 atom stereocenters. The monoisotopic (exact) mass is 243 g/mol. The van der Waals surface area contributed by atoms with Crippen LogP contribution in [0, 0.1) is 5.92 Å². The Morgan fingerprint density at radius 2 is 1.88 bits per heavy atom. The van der Waals surface area contributed by atoms with E-state index in [-0.39, 0.29) is 12.5 Å². The van der Waals surface area contributed by atoms with E-state index in [1.165, 1.54) is 12.8 Å². The summed E-state index contributed by atoms with van der Waals surface area (Å²) in [7, 11) is 0. The highest BCUT2D eigenvalue weighted by Crippen LogP contribution is 2.09. The van der Waals surface area contributed by atoms with E-state index in [0.717, 1.165) is 38.6 Å². The van der Waals surface area contributed by atoms with Crippen molar-refractivity contribution in [1.29, 1.82) is 0 Å². The summed E-state index contributed by atoms with van der Waals surface area (Å²) in [6.45, 7) is 5.25. The van der Waals surface area contributed by atoms with E-state index in [1.54, 1.807) is 0 Å². The van der Waals surface area contributed by atoms with E-state index in [4.69, 9.17) is 5.11 Å². The van der Waals surface area contributed by atoms with Crippen molar-refractivity contribution in [2.24, 2.45) is 5.92 Å². The Balaban J connectivity index is 3.57. The molecular weight excluding hydrogens is 214 g/mol. The Labute approximate surface area is 106 Å². The molecule has 102 valence electrons. The minimum atomic E-state index is 0.167. The molecule has 0 bridgehead atoms. The highest BCUT2D eigenvalue weighted by atomic mass is 16.3. The van der Waals surface area contributed by atoms with Gasteiger partial charge in [0.25, 0.3) is 0 Å². The molecule has 3 heteroatoms. The van der Waals surface area contributed by atoms with Crippen molar-refractivity contribution in [3.63, 3.8) is 0 Å². The summed E-state index contributed by atoms with van der Waals surface area (Å²) in [6, 6.07) is 0. The fourth-order valence-corrected chi connectivity index (χ4v) is 2.00. The van der Waals surface area contributed by atoms with Gasteiger partial charge < -0.3 is 10.4 Å². The third kappa shape index (κ3) is 10.3. The number of aliphatic hydroxyl groups excluding tert-OH is 1. The van der Waals surface area contributed by atoms with Gasteiger partial charge in [-0.05, 0) is 25.2 Å².